The molecule has 6 heteroatoms. The lowest BCUT2D eigenvalue weighted by molar-refractivity contribution is -0.129. The minimum absolute atomic E-state index is 0.197. The fourth-order valence-electron chi connectivity index (χ4n) is 3.52. The number of rotatable bonds is 6. The average molecular weight is 344 g/mol. The van der Waals surface area contributed by atoms with Crippen LogP contribution in [-0.2, 0) is 14.3 Å². The Morgan fingerprint density at radius 1 is 1.20 bits per heavy atom. The van der Waals surface area contributed by atoms with E-state index in [1.165, 1.54) is 6.92 Å². The normalized spacial score (nSPS) is 21.9. The van der Waals surface area contributed by atoms with Gasteiger partial charge in [-0.25, -0.2) is 0 Å². The number of hydrogen-bond donors (Lipinski definition) is 1. The van der Waals surface area contributed by atoms with Crippen LogP contribution in [0.5, 0.6) is 0 Å². The summed E-state index contributed by atoms with van der Waals surface area (Å²) in [6, 6.07) is 8.90. The lowest BCUT2D eigenvalue weighted by Gasteiger charge is -2.29. The van der Waals surface area contributed by atoms with Crippen molar-refractivity contribution in [3.63, 3.8) is 0 Å². The van der Waals surface area contributed by atoms with Gasteiger partial charge in [-0.1, -0.05) is 30.3 Å². The van der Waals surface area contributed by atoms with Gasteiger partial charge < -0.3 is 14.7 Å². The zero-order chi connectivity index (χ0) is 17.8. The second-order valence-electron chi connectivity index (χ2n) is 6.44. The van der Waals surface area contributed by atoms with E-state index in [1.807, 2.05) is 30.3 Å². The van der Waals surface area contributed by atoms with E-state index in [0.717, 1.165) is 44.8 Å². The van der Waals surface area contributed by atoms with Crippen molar-refractivity contribution in [2.24, 2.45) is 0 Å². The van der Waals surface area contributed by atoms with Crippen LogP contribution in [0.1, 0.15) is 24.9 Å². The molecule has 0 aliphatic carbocycles. The maximum atomic E-state index is 12.5. The van der Waals surface area contributed by atoms with Gasteiger partial charge in [0.15, 0.2) is 11.5 Å². The Morgan fingerprint density at radius 2 is 1.88 bits per heavy atom. The summed E-state index contributed by atoms with van der Waals surface area (Å²) in [7, 11) is 0. The molecule has 134 valence electrons. The molecule has 6 nitrogen and oxygen atoms in total. The maximum Gasteiger partial charge on any atom is 0.290 e. The predicted molar refractivity (Wildman–Crippen MR) is 93.1 cm³/mol. The molecule has 3 rings (SSSR count). The van der Waals surface area contributed by atoms with Gasteiger partial charge in [0, 0.05) is 26.2 Å². The Kier molecular flexibility index (Phi) is 5.50. The number of aliphatic hydroxyl groups is 1. The third-order valence-corrected chi connectivity index (χ3v) is 4.78. The summed E-state index contributed by atoms with van der Waals surface area (Å²) in [6.07, 6.45) is 0.785. The summed E-state index contributed by atoms with van der Waals surface area (Å²) in [4.78, 5) is 28.5. The van der Waals surface area contributed by atoms with E-state index in [-0.39, 0.29) is 11.4 Å². The number of morpholine rings is 1. The van der Waals surface area contributed by atoms with Gasteiger partial charge in [-0.05, 0) is 18.9 Å². The van der Waals surface area contributed by atoms with Crippen LogP contribution in [0.4, 0.5) is 0 Å². The van der Waals surface area contributed by atoms with Gasteiger partial charge >= 0.3 is 0 Å². The van der Waals surface area contributed by atoms with Crippen LogP contribution < -0.4 is 0 Å². The summed E-state index contributed by atoms with van der Waals surface area (Å²) >= 11 is 0. The number of hydrogen-bond acceptors (Lipinski definition) is 5. The first-order valence-corrected chi connectivity index (χ1v) is 8.69. The number of ether oxygens (including phenoxy) is 1. The molecule has 1 amide bonds. The van der Waals surface area contributed by atoms with Crippen LogP contribution in [0.2, 0.25) is 0 Å². The minimum atomic E-state index is -0.504. The van der Waals surface area contributed by atoms with E-state index in [4.69, 9.17) is 4.74 Å². The first kappa shape index (κ1) is 17.6. The predicted octanol–water partition coefficient (Wildman–Crippen LogP) is 1.69. The van der Waals surface area contributed by atoms with Crippen molar-refractivity contribution in [2.75, 3.05) is 39.4 Å². The second kappa shape index (κ2) is 7.80. The maximum absolute atomic E-state index is 12.5. The lowest BCUT2D eigenvalue weighted by Crippen LogP contribution is -2.39. The van der Waals surface area contributed by atoms with Crippen molar-refractivity contribution >= 4 is 11.7 Å². The molecule has 0 spiro atoms. The van der Waals surface area contributed by atoms with Crippen LogP contribution in [0.3, 0.4) is 0 Å². The van der Waals surface area contributed by atoms with Gasteiger partial charge in [0.2, 0.25) is 0 Å². The smallest absolute Gasteiger partial charge is 0.290 e. The molecule has 0 saturated carbocycles. The first-order chi connectivity index (χ1) is 12.1. The highest BCUT2D eigenvalue weighted by molar-refractivity contribution is 6.08. The number of carbonyl (C=O) groups excluding carboxylic acids is 2. The molecular formula is C19H24N2O4. The van der Waals surface area contributed by atoms with Gasteiger partial charge in [-0.3, -0.25) is 14.5 Å². The standard InChI is InChI=1S/C19H24N2O4/c1-14(22)16-17(15-6-3-2-4-7-15)21(19(24)18(16)23)9-5-8-20-10-12-25-13-11-20/h2-4,6-7,17,23H,5,8-13H2,1H3. The van der Waals surface area contributed by atoms with Crippen LogP contribution in [-0.4, -0.2) is 66.0 Å². The molecule has 1 saturated heterocycles. The average Bonchev–Trinajstić information content (AvgIpc) is 2.88. The Bertz CT molecular complexity index is 665. The number of carbonyl (C=O) groups is 2. The molecule has 2 aliphatic rings. The van der Waals surface area contributed by atoms with Crippen molar-refractivity contribution in [3.05, 3.63) is 47.2 Å². The first-order valence-electron chi connectivity index (χ1n) is 8.69. The summed E-state index contributed by atoms with van der Waals surface area (Å²) in [5.74, 6) is -1.14. The molecule has 1 aromatic carbocycles. The minimum Gasteiger partial charge on any atom is -0.503 e. The van der Waals surface area contributed by atoms with E-state index in [2.05, 4.69) is 4.90 Å². The zero-order valence-electron chi connectivity index (χ0n) is 14.5. The number of nitrogens with zero attached hydrogens (tertiary/aromatic N) is 2. The third-order valence-electron chi connectivity index (χ3n) is 4.78. The molecule has 2 aliphatic heterocycles. The molecule has 0 bridgehead atoms. The van der Waals surface area contributed by atoms with Crippen LogP contribution >= 0.6 is 0 Å². The Hall–Kier alpha value is -2.18. The highest BCUT2D eigenvalue weighted by atomic mass is 16.5. The highest BCUT2D eigenvalue weighted by Crippen LogP contribution is 2.37. The summed E-state index contributed by atoms with van der Waals surface area (Å²) < 4.78 is 5.34. The Balaban J connectivity index is 1.74. The van der Waals surface area contributed by atoms with E-state index in [0.29, 0.717) is 6.54 Å². The van der Waals surface area contributed by atoms with E-state index < -0.39 is 17.7 Å². The summed E-state index contributed by atoms with van der Waals surface area (Å²) in [5, 5.41) is 10.2. The van der Waals surface area contributed by atoms with Crippen molar-refractivity contribution < 1.29 is 19.4 Å². The van der Waals surface area contributed by atoms with Gasteiger partial charge in [-0.2, -0.15) is 0 Å². The molecule has 1 N–H and O–H groups in total. The molecule has 0 aromatic heterocycles. The fourth-order valence-corrected chi connectivity index (χ4v) is 3.52. The zero-order valence-corrected chi connectivity index (χ0v) is 14.5. The number of ketones is 1. The van der Waals surface area contributed by atoms with Crippen LogP contribution in [0.25, 0.3) is 0 Å². The molecule has 1 unspecified atom stereocenters. The molecule has 2 heterocycles. The van der Waals surface area contributed by atoms with Gasteiger partial charge in [0.1, 0.15) is 0 Å². The molecule has 1 aromatic rings. The quantitative estimate of drug-likeness (QED) is 0.850. The van der Waals surface area contributed by atoms with Crippen molar-refractivity contribution in [3.8, 4) is 0 Å². The fraction of sp³-hybridized carbons (Fsp3) is 0.474. The summed E-state index contributed by atoms with van der Waals surface area (Å²) in [5.41, 5.74) is 1.04. The second-order valence-corrected chi connectivity index (χ2v) is 6.44. The highest BCUT2D eigenvalue weighted by Gasteiger charge is 2.41. The number of aliphatic hydroxyl groups excluding tert-OH is 1. The Labute approximate surface area is 147 Å². The summed E-state index contributed by atoms with van der Waals surface area (Å²) in [6.45, 7) is 6.04. The van der Waals surface area contributed by atoms with Crippen LogP contribution in [0, 0.1) is 0 Å². The molecule has 1 atom stereocenters. The van der Waals surface area contributed by atoms with E-state index >= 15 is 0 Å². The van der Waals surface area contributed by atoms with E-state index in [9.17, 15) is 14.7 Å². The third kappa shape index (κ3) is 3.75. The number of benzene rings is 1. The van der Waals surface area contributed by atoms with Gasteiger partial charge in [-0.15, -0.1) is 0 Å². The lowest BCUT2D eigenvalue weighted by atomic mass is 9.97. The number of amides is 1. The number of Topliss-reactive ketones (excluding diaryl/α,β-unsaturated/α-hetero) is 1. The van der Waals surface area contributed by atoms with E-state index in [1.54, 1.807) is 4.90 Å². The Morgan fingerprint density at radius 3 is 2.52 bits per heavy atom. The SMILES string of the molecule is CC(=O)C1=C(O)C(=O)N(CCCN2CCOCC2)C1c1ccccc1. The van der Waals surface area contributed by atoms with Gasteiger partial charge in [0.25, 0.3) is 5.91 Å². The molecule has 1 fully saturated rings. The van der Waals surface area contributed by atoms with Gasteiger partial charge in [0.05, 0.1) is 24.8 Å². The van der Waals surface area contributed by atoms with Crippen LogP contribution in [0.15, 0.2) is 41.7 Å². The van der Waals surface area contributed by atoms with Crippen molar-refractivity contribution in [1.82, 2.24) is 9.80 Å². The monoisotopic (exact) mass is 344 g/mol. The molecule has 0 radical (unpaired) electrons. The largest absolute Gasteiger partial charge is 0.503 e. The molecule has 25 heavy (non-hydrogen) atoms. The van der Waals surface area contributed by atoms with Crippen molar-refractivity contribution in [2.45, 2.75) is 19.4 Å². The van der Waals surface area contributed by atoms with Crippen molar-refractivity contribution in [1.29, 1.82) is 0 Å². The topological polar surface area (TPSA) is 70.1 Å². The molecular weight excluding hydrogens is 320 g/mol.